The lowest BCUT2D eigenvalue weighted by Gasteiger charge is -2.31. The first-order valence-electron chi connectivity index (χ1n) is 6.43. The van der Waals surface area contributed by atoms with Gasteiger partial charge in [0.15, 0.2) is 0 Å². The van der Waals surface area contributed by atoms with E-state index in [1.54, 1.807) is 29.8 Å². The molecular weight excluding hydrogens is 258 g/mol. The summed E-state index contributed by atoms with van der Waals surface area (Å²) in [5.41, 5.74) is 0.669. The zero-order valence-electron chi connectivity index (χ0n) is 10.5. The quantitative estimate of drug-likeness (QED) is 0.844. The van der Waals surface area contributed by atoms with E-state index >= 15 is 0 Å². The summed E-state index contributed by atoms with van der Waals surface area (Å²) < 4.78 is 0. The minimum Gasteiger partial charge on any atom is -0.338 e. The highest BCUT2D eigenvalue weighted by atomic mass is 32.1. The molecule has 19 heavy (non-hydrogen) atoms. The second-order valence-corrected chi connectivity index (χ2v) is 5.63. The van der Waals surface area contributed by atoms with Gasteiger partial charge in [0.05, 0.1) is 10.6 Å². The van der Waals surface area contributed by atoms with Crippen LogP contribution in [0.1, 0.15) is 34.1 Å². The van der Waals surface area contributed by atoms with E-state index < -0.39 is 0 Å². The highest BCUT2D eigenvalue weighted by Gasteiger charge is 2.26. The number of pyridine rings is 1. The molecule has 1 atom stereocenters. The molecule has 0 spiro atoms. The van der Waals surface area contributed by atoms with Gasteiger partial charge < -0.3 is 4.90 Å². The van der Waals surface area contributed by atoms with Crippen LogP contribution >= 0.6 is 11.3 Å². The van der Waals surface area contributed by atoms with Crippen LogP contribution in [0, 0.1) is 0 Å². The summed E-state index contributed by atoms with van der Waals surface area (Å²) in [4.78, 5) is 22.7. The molecule has 0 unspecified atom stereocenters. The van der Waals surface area contributed by atoms with Crippen molar-refractivity contribution in [2.45, 2.75) is 18.8 Å². The Morgan fingerprint density at radius 3 is 3.11 bits per heavy atom. The number of amides is 1. The Bertz CT molecular complexity index is 541. The molecule has 1 aliphatic heterocycles. The summed E-state index contributed by atoms with van der Waals surface area (Å²) in [5.74, 6) is 0.462. The molecular formula is C14H15N3OS. The third-order valence-electron chi connectivity index (χ3n) is 3.42. The predicted octanol–water partition coefficient (Wildman–Crippen LogP) is 2.56. The predicted molar refractivity (Wildman–Crippen MR) is 74.2 cm³/mol. The van der Waals surface area contributed by atoms with E-state index in [9.17, 15) is 4.79 Å². The highest BCUT2D eigenvalue weighted by Crippen LogP contribution is 2.28. The monoisotopic (exact) mass is 273 g/mol. The summed E-state index contributed by atoms with van der Waals surface area (Å²) in [6, 6.07) is 3.62. The van der Waals surface area contributed by atoms with Gasteiger partial charge in [-0.1, -0.05) is 0 Å². The first kappa shape index (κ1) is 12.3. The van der Waals surface area contributed by atoms with Crippen LogP contribution in [0.4, 0.5) is 0 Å². The van der Waals surface area contributed by atoms with Crippen molar-refractivity contribution in [2.24, 2.45) is 0 Å². The van der Waals surface area contributed by atoms with Crippen molar-refractivity contribution in [3.8, 4) is 0 Å². The average Bonchev–Trinajstić information content (AvgIpc) is 3.02. The smallest absolute Gasteiger partial charge is 0.255 e. The Balaban J connectivity index is 1.73. The van der Waals surface area contributed by atoms with E-state index in [2.05, 4.69) is 9.97 Å². The van der Waals surface area contributed by atoms with Gasteiger partial charge in [-0.25, -0.2) is 4.98 Å². The maximum Gasteiger partial charge on any atom is 0.255 e. The van der Waals surface area contributed by atoms with Gasteiger partial charge in [0, 0.05) is 43.0 Å². The van der Waals surface area contributed by atoms with Gasteiger partial charge in [-0.3, -0.25) is 9.78 Å². The third-order valence-corrected chi connectivity index (χ3v) is 4.36. The first-order chi connectivity index (χ1) is 9.34. The topological polar surface area (TPSA) is 46.1 Å². The summed E-state index contributed by atoms with van der Waals surface area (Å²) in [6.45, 7) is 1.59. The first-order valence-corrected chi connectivity index (χ1v) is 7.31. The molecule has 3 rings (SSSR count). The summed E-state index contributed by atoms with van der Waals surface area (Å²) in [5, 5.41) is 3.14. The molecule has 0 bridgehead atoms. The van der Waals surface area contributed by atoms with Crippen molar-refractivity contribution in [1.29, 1.82) is 0 Å². The van der Waals surface area contributed by atoms with Crippen molar-refractivity contribution in [3.05, 3.63) is 46.7 Å². The molecule has 1 fully saturated rings. The Kier molecular flexibility index (Phi) is 3.55. The Hall–Kier alpha value is -1.75. The normalized spacial score (nSPS) is 19.4. The number of carbonyl (C=O) groups is 1. The van der Waals surface area contributed by atoms with Crippen molar-refractivity contribution in [1.82, 2.24) is 14.9 Å². The minimum atomic E-state index is 0.0781. The number of rotatable bonds is 2. The number of aromatic nitrogens is 2. The number of carbonyl (C=O) groups excluding carboxylic acids is 1. The zero-order valence-corrected chi connectivity index (χ0v) is 11.3. The average molecular weight is 273 g/mol. The van der Waals surface area contributed by atoms with Crippen molar-refractivity contribution in [2.75, 3.05) is 13.1 Å². The molecule has 0 saturated carbocycles. The van der Waals surface area contributed by atoms with Crippen LogP contribution in [0.3, 0.4) is 0 Å². The molecule has 4 nitrogen and oxygen atoms in total. The van der Waals surface area contributed by atoms with Crippen molar-refractivity contribution < 1.29 is 4.79 Å². The molecule has 0 radical (unpaired) electrons. The van der Waals surface area contributed by atoms with Gasteiger partial charge in [-0.15, -0.1) is 11.3 Å². The van der Waals surface area contributed by atoms with E-state index in [1.165, 1.54) is 0 Å². The highest BCUT2D eigenvalue weighted by molar-refractivity contribution is 7.09. The van der Waals surface area contributed by atoms with Gasteiger partial charge in [0.2, 0.25) is 0 Å². The van der Waals surface area contributed by atoms with E-state index in [4.69, 9.17) is 0 Å². The summed E-state index contributed by atoms with van der Waals surface area (Å²) in [6.07, 6.45) is 7.31. The molecule has 0 aliphatic carbocycles. The molecule has 1 saturated heterocycles. The molecule has 98 valence electrons. The molecule has 0 aromatic carbocycles. The number of likely N-dealkylation sites (tertiary alicyclic amines) is 1. The molecule has 5 heteroatoms. The molecule has 1 aliphatic rings. The Morgan fingerprint density at radius 1 is 1.42 bits per heavy atom. The fourth-order valence-electron chi connectivity index (χ4n) is 2.47. The molecule has 1 amide bonds. The number of thiazole rings is 1. The van der Waals surface area contributed by atoms with Crippen LogP contribution in [-0.4, -0.2) is 33.9 Å². The van der Waals surface area contributed by atoms with Crippen LogP contribution in [0.5, 0.6) is 0 Å². The van der Waals surface area contributed by atoms with Gasteiger partial charge in [-0.05, 0) is 25.0 Å². The molecule has 2 aromatic rings. The van der Waals surface area contributed by atoms with Crippen LogP contribution < -0.4 is 0 Å². The number of hydrogen-bond donors (Lipinski definition) is 0. The summed E-state index contributed by atoms with van der Waals surface area (Å²) >= 11 is 1.68. The lowest BCUT2D eigenvalue weighted by atomic mass is 9.98. The fraction of sp³-hybridized carbons (Fsp3) is 0.357. The molecule has 3 heterocycles. The number of hydrogen-bond acceptors (Lipinski definition) is 4. The van der Waals surface area contributed by atoms with E-state index in [0.29, 0.717) is 11.5 Å². The van der Waals surface area contributed by atoms with Gasteiger partial charge in [0.25, 0.3) is 5.91 Å². The van der Waals surface area contributed by atoms with Crippen molar-refractivity contribution >= 4 is 17.2 Å². The largest absolute Gasteiger partial charge is 0.338 e. The number of nitrogens with zero attached hydrogens (tertiary/aromatic N) is 3. The van der Waals surface area contributed by atoms with Crippen LogP contribution in [0.25, 0.3) is 0 Å². The second kappa shape index (κ2) is 5.48. The lowest BCUT2D eigenvalue weighted by molar-refractivity contribution is 0.0706. The zero-order chi connectivity index (χ0) is 13.1. The second-order valence-electron chi connectivity index (χ2n) is 4.70. The fourth-order valence-corrected chi connectivity index (χ4v) is 3.24. The molecule has 0 N–H and O–H groups in total. The molecule has 2 aromatic heterocycles. The van der Waals surface area contributed by atoms with Crippen LogP contribution in [0.15, 0.2) is 36.1 Å². The third kappa shape index (κ3) is 2.66. The van der Waals surface area contributed by atoms with Gasteiger partial charge >= 0.3 is 0 Å². The van der Waals surface area contributed by atoms with E-state index in [1.807, 2.05) is 22.5 Å². The van der Waals surface area contributed by atoms with E-state index in [-0.39, 0.29) is 5.91 Å². The Labute approximate surface area is 116 Å². The SMILES string of the molecule is O=C(c1cccnc1)N1CCC[C@@H](c2nccs2)C1. The van der Waals surface area contributed by atoms with Gasteiger partial charge in [-0.2, -0.15) is 0 Å². The Morgan fingerprint density at radius 2 is 2.37 bits per heavy atom. The minimum absolute atomic E-state index is 0.0781. The lowest BCUT2D eigenvalue weighted by Crippen LogP contribution is -2.39. The van der Waals surface area contributed by atoms with E-state index in [0.717, 1.165) is 30.9 Å². The van der Waals surface area contributed by atoms with Crippen LogP contribution in [-0.2, 0) is 0 Å². The number of piperidine rings is 1. The maximum atomic E-state index is 12.4. The summed E-state index contributed by atoms with van der Waals surface area (Å²) in [7, 11) is 0. The van der Waals surface area contributed by atoms with Gasteiger partial charge in [0.1, 0.15) is 0 Å². The maximum absolute atomic E-state index is 12.4. The van der Waals surface area contributed by atoms with Crippen molar-refractivity contribution in [3.63, 3.8) is 0 Å². The van der Waals surface area contributed by atoms with Crippen LogP contribution in [0.2, 0.25) is 0 Å². The standard InChI is InChI=1S/C14H15N3OS/c18-14(11-3-1-5-15-9-11)17-7-2-4-12(10-17)13-16-6-8-19-13/h1,3,5-6,8-9,12H,2,4,7,10H2/t12-/m1/s1.